The van der Waals surface area contributed by atoms with E-state index in [9.17, 15) is 30.0 Å². The number of rotatable bonds is 8. The van der Waals surface area contributed by atoms with Crippen molar-refractivity contribution in [2.45, 2.75) is 109 Å². The fourth-order valence-electron chi connectivity index (χ4n) is 10.8. The van der Waals surface area contributed by atoms with Crippen LogP contribution < -0.4 is 5.32 Å². The number of H-pyrrole nitrogens is 1. The number of aliphatic hydroxyl groups is 3. The van der Waals surface area contributed by atoms with Gasteiger partial charge in [0.1, 0.15) is 6.04 Å². The van der Waals surface area contributed by atoms with Crippen molar-refractivity contribution in [1.29, 1.82) is 0 Å². The third kappa shape index (κ3) is 5.21. The number of fused-ring (bicyclic) bond motifs is 6. The SMILES string of the molecule is CC(CCC(=O)NC(Cc1c[nH]c2ccccc12)C(=O)O)C1CCC2C3C(O)C(O)C4CC(O)CCC4(C)C3CCC12C. The van der Waals surface area contributed by atoms with Gasteiger partial charge in [0.2, 0.25) is 5.91 Å². The summed E-state index contributed by atoms with van der Waals surface area (Å²) >= 11 is 0. The molecule has 0 spiro atoms. The maximum atomic E-state index is 13.0. The summed E-state index contributed by atoms with van der Waals surface area (Å²) in [4.78, 5) is 28.3. The first kappa shape index (κ1) is 30.6. The number of aliphatic hydroxyl groups excluding tert-OH is 3. The lowest BCUT2D eigenvalue weighted by atomic mass is 9.43. The van der Waals surface area contributed by atoms with E-state index in [0.29, 0.717) is 30.6 Å². The number of hydrogen-bond donors (Lipinski definition) is 6. The van der Waals surface area contributed by atoms with Crippen LogP contribution in [-0.4, -0.2) is 61.6 Å². The van der Waals surface area contributed by atoms with E-state index in [2.05, 4.69) is 31.1 Å². The molecular formula is C35H50N2O6. The van der Waals surface area contributed by atoms with Gasteiger partial charge in [-0.05, 0) is 109 Å². The number of aromatic amines is 1. The van der Waals surface area contributed by atoms with Crippen LogP contribution >= 0.6 is 0 Å². The predicted octanol–water partition coefficient (Wildman–Crippen LogP) is 4.66. The molecule has 12 unspecified atom stereocenters. The monoisotopic (exact) mass is 594 g/mol. The predicted molar refractivity (Wildman–Crippen MR) is 164 cm³/mol. The van der Waals surface area contributed by atoms with Crippen LogP contribution in [0.3, 0.4) is 0 Å². The Morgan fingerprint density at radius 3 is 2.47 bits per heavy atom. The Bertz CT molecular complexity index is 1340. The lowest BCUT2D eigenvalue weighted by Gasteiger charge is -2.63. The van der Waals surface area contributed by atoms with E-state index < -0.39 is 30.3 Å². The van der Waals surface area contributed by atoms with E-state index in [4.69, 9.17) is 0 Å². The molecule has 43 heavy (non-hydrogen) atoms. The third-order valence-electron chi connectivity index (χ3n) is 13.0. The Morgan fingerprint density at radius 1 is 0.977 bits per heavy atom. The Balaban J connectivity index is 1.09. The van der Waals surface area contributed by atoms with Crippen molar-refractivity contribution >= 4 is 22.8 Å². The highest BCUT2D eigenvalue weighted by Crippen LogP contribution is 2.68. The molecule has 8 heteroatoms. The van der Waals surface area contributed by atoms with Gasteiger partial charge in [-0.25, -0.2) is 4.79 Å². The van der Waals surface area contributed by atoms with E-state index in [-0.39, 0.29) is 47.3 Å². The van der Waals surface area contributed by atoms with Gasteiger partial charge in [0.25, 0.3) is 0 Å². The zero-order valence-corrected chi connectivity index (χ0v) is 25.8. The number of benzene rings is 1. The van der Waals surface area contributed by atoms with Crippen molar-refractivity contribution in [3.05, 3.63) is 36.0 Å². The molecule has 4 saturated carbocycles. The number of hydrogen-bond acceptors (Lipinski definition) is 5. The molecule has 1 heterocycles. The molecule has 8 nitrogen and oxygen atoms in total. The Hall–Kier alpha value is -2.42. The number of carbonyl (C=O) groups is 2. The molecule has 12 atom stereocenters. The largest absolute Gasteiger partial charge is 0.480 e. The first-order valence-electron chi connectivity index (χ1n) is 16.6. The van der Waals surface area contributed by atoms with Gasteiger partial charge in [-0.1, -0.05) is 39.0 Å². The second-order valence-corrected chi connectivity index (χ2v) is 15.1. The molecule has 0 radical (unpaired) electrons. The highest BCUT2D eigenvalue weighted by molar-refractivity contribution is 5.86. The number of carboxylic acid groups (broad SMARTS) is 1. The van der Waals surface area contributed by atoms with Crippen molar-refractivity contribution in [2.24, 2.45) is 46.3 Å². The van der Waals surface area contributed by atoms with Crippen LogP contribution in [0.25, 0.3) is 10.9 Å². The molecule has 6 N–H and O–H groups in total. The summed E-state index contributed by atoms with van der Waals surface area (Å²) in [7, 11) is 0. The second-order valence-electron chi connectivity index (χ2n) is 15.1. The van der Waals surface area contributed by atoms with Gasteiger partial charge >= 0.3 is 5.97 Å². The molecule has 6 rings (SSSR count). The molecule has 1 amide bonds. The summed E-state index contributed by atoms with van der Waals surface area (Å²) in [6, 6.07) is 6.77. The Morgan fingerprint density at radius 2 is 1.70 bits per heavy atom. The molecule has 0 saturated heterocycles. The highest BCUT2D eigenvalue weighted by Gasteiger charge is 2.65. The van der Waals surface area contributed by atoms with Crippen molar-refractivity contribution in [2.75, 3.05) is 0 Å². The van der Waals surface area contributed by atoms with E-state index >= 15 is 0 Å². The third-order valence-corrected chi connectivity index (χ3v) is 13.0. The van der Waals surface area contributed by atoms with Crippen LogP contribution in [-0.2, 0) is 16.0 Å². The van der Waals surface area contributed by atoms with Crippen LogP contribution in [0.4, 0.5) is 0 Å². The summed E-state index contributed by atoms with van der Waals surface area (Å²) in [6.07, 6.45) is 7.50. The maximum Gasteiger partial charge on any atom is 0.326 e. The Labute approximate surface area is 254 Å². The normalized spacial score (nSPS) is 40.2. The number of amides is 1. The summed E-state index contributed by atoms with van der Waals surface area (Å²) < 4.78 is 0. The molecular weight excluding hydrogens is 544 g/mol. The minimum atomic E-state index is -1.04. The topological polar surface area (TPSA) is 143 Å². The van der Waals surface area contributed by atoms with Crippen molar-refractivity contribution in [3.63, 3.8) is 0 Å². The van der Waals surface area contributed by atoms with Gasteiger partial charge < -0.3 is 30.7 Å². The molecule has 4 aliphatic carbocycles. The zero-order valence-electron chi connectivity index (χ0n) is 25.8. The summed E-state index contributed by atoms with van der Waals surface area (Å²) in [5.74, 6) is 0.117. The van der Waals surface area contributed by atoms with E-state index in [0.717, 1.165) is 55.0 Å². The lowest BCUT2D eigenvalue weighted by molar-refractivity contribution is -0.223. The zero-order chi connectivity index (χ0) is 30.7. The van der Waals surface area contributed by atoms with Gasteiger partial charge in [-0.2, -0.15) is 0 Å². The van der Waals surface area contributed by atoms with Gasteiger partial charge in [0, 0.05) is 29.9 Å². The van der Waals surface area contributed by atoms with Crippen LogP contribution in [0, 0.1) is 46.3 Å². The van der Waals surface area contributed by atoms with Crippen molar-refractivity contribution in [3.8, 4) is 0 Å². The first-order valence-corrected chi connectivity index (χ1v) is 16.6. The first-order chi connectivity index (χ1) is 20.4. The summed E-state index contributed by atoms with van der Waals surface area (Å²) in [5.41, 5.74) is 1.80. The summed E-state index contributed by atoms with van der Waals surface area (Å²) in [6.45, 7) is 6.90. The van der Waals surface area contributed by atoms with Crippen LogP contribution in [0.2, 0.25) is 0 Å². The molecule has 1 aromatic carbocycles. The van der Waals surface area contributed by atoms with Gasteiger partial charge in [0.15, 0.2) is 0 Å². The molecule has 4 fully saturated rings. The second kappa shape index (κ2) is 11.5. The number of nitrogens with one attached hydrogen (secondary N) is 2. The number of carbonyl (C=O) groups excluding carboxylic acids is 1. The summed E-state index contributed by atoms with van der Waals surface area (Å²) in [5, 5.41) is 46.8. The minimum Gasteiger partial charge on any atom is -0.480 e. The number of para-hydroxylation sites is 1. The Kier molecular flexibility index (Phi) is 8.18. The fourth-order valence-corrected chi connectivity index (χ4v) is 10.8. The standard InChI is InChI=1S/C35H50N2O6/c1-19(8-11-29(39)37-28(33(42)43)16-20-18-36-27-7-5-4-6-22(20)27)23-9-10-24-30-25(13-15-34(23,24)2)35(3)14-12-21(38)17-26(35)31(40)32(30)41/h4-7,18-19,21,23-26,28,30-32,36,38,40-41H,8-17H2,1-3H3,(H,37,39)(H,42,43). The van der Waals surface area contributed by atoms with Crippen LogP contribution in [0.1, 0.15) is 84.1 Å². The average molecular weight is 595 g/mol. The number of aromatic nitrogens is 1. The molecule has 1 aromatic heterocycles. The van der Waals surface area contributed by atoms with Crippen LogP contribution in [0.5, 0.6) is 0 Å². The maximum absolute atomic E-state index is 13.0. The minimum absolute atomic E-state index is 0.0358. The fraction of sp³-hybridized carbons (Fsp3) is 0.714. The lowest BCUT2D eigenvalue weighted by Crippen LogP contribution is -2.64. The van der Waals surface area contributed by atoms with Gasteiger partial charge in [-0.3, -0.25) is 4.79 Å². The number of carboxylic acids is 1. The number of aliphatic carboxylic acids is 1. The smallest absolute Gasteiger partial charge is 0.326 e. The molecule has 0 aliphatic heterocycles. The van der Waals surface area contributed by atoms with Crippen LogP contribution in [0.15, 0.2) is 30.5 Å². The quantitative estimate of drug-likeness (QED) is 0.263. The van der Waals surface area contributed by atoms with E-state index in [1.54, 1.807) is 0 Å². The molecule has 4 aliphatic rings. The molecule has 0 bridgehead atoms. The van der Waals surface area contributed by atoms with Crippen molar-refractivity contribution in [1.82, 2.24) is 10.3 Å². The average Bonchev–Trinajstić information content (AvgIpc) is 3.55. The van der Waals surface area contributed by atoms with E-state index in [1.165, 1.54) is 0 Å². The van der Waals surface area contributed by atoms with Gasteiger partial charge in [-0.15, -0.1) is 0 Å². The molecule has 236 valence electrons. The van der Waals surface area contributed by atoms with E-state index in [1.807, 2.05) is 30.5 Å². The highest BCUT2D eigenvalue weighted by atomic mass is 16.4. The van der Waals surface area contributed by atoms with Gasteiger partial charge in [0.05, 0.1) is 18.3 Å². The molecule has 2 aromatic rings. The van der Waals surface area contributed by atoms with Crippen molar-refractivity contribution < 1.29 is 30.0 Å².